The highest BCUT2D eigenvalue weighted by molar-refractivity contribution is 6.74. The maximum absolute atomic E-state index is 12.0. The van der Waals surface area contributed by atoms with Crippen molar-refractivity contribution in [1.29, 1.82) is 0 Å². The van der Waals surface area contributed by atoms with E-state index in [1.54, 1.807) is 0 Å². The van der Waals surface area contributed by atoms with Gasteiger partial charge >= 0.3 is 6.09 Å². The molecule has 0 aliphatic carbocycles. The molecule has 23 heavy (non-hydrogen) atoms. The van der Waals surface area contributed by atoms with Crippen LogP contribution in [0.15, 0.2) is 12.2 Å². The molecule has 5 nitrogen and oxygen atoms in total. The summed E-state index contributed by atoms with van der Waals surface area (Å²) in [6.45, 7) is 17.6. The molecule has 0 aromatic heterocycles. The number of alkyl carbamates (subject to hydrolysis) is 1. The Morgan fingerprint density at radius 3 is 2.39 bits per heavy atom. The summed E-state index contributed by atoms with van der Waals surface area (Å²) >= 11 is 0. The molecule has 0 aromatic rings. The van der Waals surface area contributed by atoms with Crippen LogP contribution in [0.3, 0.4) is 0 Å². The average molecular weight is 344 g/mol. The van der Waals surface area contributed by atoms with Gasteiger partial charge in [-0.15, -0.1) is 0 Å². The minimum absolute atomic E-state index is 0.144. The summed E-state index contributed by atoms with van der Waals surface area (Å²) in [6.07, 6.45) is 3.23. The minimum atomic E-state index is -1.84. The lowest BCUT2D eigenvalue weighted by Crippen LogP contribution is -2.51. The zero-order chi connectivity index (χ0) is 17.9. The molecule has 0 fully saturated rings. The van der Waals surface area contributed by atoms with E-state index in [-0.39, 0.29) is 17.2 Å². The Labute approximate surface area is 141 Å². The molecule has 0 aromatic carbocycles. The molecule has 0 saturated carbocycles. The number of carbonyl (C=O) groups is 1. The van der Waals surface area contributed by atoms with Crippen LogP contribution in [0.2, 0.25) is 18.1 Å². The molecule has 1 heterocycles. The van der Waals surface area contributed by atoms with Crippen LogP contribution < -0.4 is 5.32 Å². The van der Waals surface area contributed by atoms with Gasteiger partial charge in [0, 0.05) is 0 Å². The van der Waals surface area contributed by atoms with Gasteiger partial charge < -0.3 is 19.2 Å². The van der Waals surface area contributed by atoms with Crippen LogP contribution in [0.4, 0.5) is 4.79 Å². The van der Waals surface area contributed by atoms with Crippen molar-refractivity contribution in [3.05, 3.63) is 12.2 Å². The monoisotopic (exact) mass is 343 g/mol. The fraction of sp³-hybridized carbons (Fsp3) is 0.824. The van der Waals surface area contributed by atoms with Gasteiger partial charge in [-0.2, -0.15) is 0 Å². The Morgan fingerprint density at radius 2 is 1.87 bits per heavy atom. The summed E-state index contributed by atoms with van der Waals surface area (Å²) in [5.41, 5.74) is -0.517. The summed E-state index contributed by atoms with van der Waals surface area (Å²) in [5, 5.41) is 3.01. The first-order valence-corrected chi connectivity index (χ1v) is 11.1. The van der Waals surface area contributed by atoms with E-state index in [1.807, 2.05) is 32.9 Å². The Hall–Kier alpha value is -0.853. The third-order valence-corrected chi connectivity index (χ3v) is 8.75. The van der Waals surface area contributed by atoms with Crippen molar-refractivity contribution in [2.75, 3.05) is 13.2 Å². The van der Waals surface area contributed by atoms with Crippen molar-refractivity contribution in [2.24, 2.45) is 0 Å². The van der Waals surface area contributed by atoms with Crippen LogP contribution in [0.25, 0.3) is 0 Å². The van der Waals surface area contributed by atoms with Gasteiger partial charge in [0.05, 0.1) is 19.3 Å². The highest BCUT2D eigenvalue weighted by atomic mass is 28.4. The molecule has 6 heteroatoms. The topological polar surface area (TPSA) is 56.8 Å². The second-order valence-corrected chi connectivity index (χ2v) is 13.4. The van der Waals surface area contributed by atoms with Gasteiger partial charge in [0.2, 0.25) is 0 Å². The molecule has 134 valence electrons. The van der Waals surface area contributed by atoms with Gasteiger partial charge in [-0.3, -0.25) is 0 Å². The highest BCUT2D eigenvalue weighted by Gasteiger charge is 2.38. The molecule has 1 aliphatic heterocycles. The lowest BCUT2D eigenvalue weighted by atomic mass is 10.1. The summed E-state index contributed by atoms with van der Waals surface area (Å²) in [4.78, 5) is 12.0. The van der Waals surface area contributed by atoms with Gasteiger partial charge in [-0.25, -0.2) is 4.79 Å². The van der Waals surface area contributed by atoms with Crippen molar-refractivity contribution in [2.45, 2.75) is 77.4 Å². The van der Waals surface area contributed by atoms with Gasteiger partial charge in [0.25, 0.3) is 0 Å². The third-order valence-electron chi connectivity index (χ3n) is 4.25. The van der Waals surface area contributed by atoms with Crippen molar-refractivity contribution in [1.82, 2.24) is 5.32 Å². The fourth-order valence-electron chi connectivity index (χ4n) is 1.85. The van der Waals surface area contributed by atoms with Gasteiger partial charge in [0.1, 0.15) is 11.7 Å². The summed E-state index contributed by atoms with van der Waals surface area (Å²) < 4.78 is 17.3. The molecule has 0 spiro atoms. The molecular weight excluding hydrogens is 310 g/mol. The van der Waals surface area contributed by atoms with Crippen LogP contribution in [-0.2, 0) is 13.9 Å². The second kappa shape index (κ2) is 7.36. The zero-order valence-corrected chi connectivity index (χ0v) is 16.9. The van der Waals surface area contributed by atoms with E-state index in [0.29, 0.717) is 13.2 Å². The van der Waals surface area contributed by atoms with E-state index in [4.69, 9.17) is 13.9 Å². The predicted molar refractivity (Wildman–Crippen MR) is 95.2 cm³/mol. The Bertz CT molecular complexity index is 435. The summed E-state index contributed by atoms with van der Waals surface area (Å²) in [5.74, 6) is 0. The van der Waals surface area contributed by atoms with Crippen LogP contribution in [0.5, 0.6) is 0 Å². The Kier molecular flexibility index (Phi) is 6.46. The number of hydrogen-bond donors (Lipinski definition) is 1. The van der Waals surface area contributed by atoms with Gasteiger partial charge in [0.15, 0.2) is 8.32 Å². The largest absolute Gasteiger partial charge is 0.444 e. The van der Waals surface area contributed by atoms with Crippen molar-refractivity contribution < 1.29 is 18.7 Å². The number of hydrogen-bond acceptors (Lipinski definition) is 4. The number of nitrogens with one attached hydrogen (secondary N) is 1. The smallest absolute Gasteiger partial charge is 0.408 e. The van der Waals surface area contributed by atoms with E-state index in [2.05, 4.69) is 39.2 Å². The molecular formula is C17H33NO4Si. The lowest BCUT2D eigenvalue weighted by Gasteiger charge is -2.38. The molecule has 1 N–H and O–H groups in total. The maximum Gasteiger partial charge on any atom is 0.408 e. The van der Waals surface area contributed by atoms with Crippen molar-refractivity contribution in [3.8, 4) is 0 Å². The Balaban J connectivity index is 2.63. The molecule has 0 saturated heterocycles. The van der Waals surface area contributed by atoms with Gasteiger partial charge in [-0.05, 0) is 38.9 Å². The predicted octanol–water partition coefficient (Wildman–Crippen LogP) is 3.86. The van der Waals surface area contributed by atoms with E-state index < -0.39 is 20.0 Å². The van der Waals surface area contributed by atoms with Crippen molar-refractivity contribution in [3.63, 3.8) is 0 Å². The maximum atomic E-state index is 12.0. The number of rotatable bonds is 4. The van der Waals surface area contributed by atoms with E-state index >= 15 is 0 Å². The molecule has 0 bridgehead atoms. The molecule has 2 atom stereocenters. The fourth-order valence-corrected chi connectivity index (χ4v) is 2.87. The van der Waals surface area contributed by atoms with E-state index in [0.717, 1.165) is 0 Å². The zero-order valence-electron chi connectivity index (χ0n) is 15.9. The SMILES string of the molecule is CC(C)(C)OC(=O)N[C@H]1C=CCO[C@@H]1CO[Si](C)(C)C(C)(C)C. The summed E-state index contributed by atoms with van der Waals surface area (Å²) in [7, 11) is -1.84. The number of carbonyl (C=O) groups excluding carboxylic acids is 1. The Morgan fingerprint density at radius 1 is 1.26 bits per heavy atom. The molecule has 1 aliphatic rings. The molecule has 1 rings (SSSR count). The van der Waals surface area contributed by atoms with Crippen LogP contribution in [-0.4, -0.2) is 45.4 Å². The highest BCUT2D eigenvalue weighted by Crippen LogP contribution is 2.36. The van der Waals surface area contributed by atoms with Crippen LogP contribution in [0, 0.1) is 0 Å². The first-order chi connectivity index (χ1) is 10.3. The summed E-state index contributed by atoms with van der Waals surface area (Å²) in [6, 6.07) is -0.233. The molecule has 0 unspecified atom stereocenters. The standard InChI is InChI=1S/C17H33NO4Si/c1-16(2,3)22-15(19)18-13-10-9-11-20-14(13)12-21-23(7,8)17(4,5)6/h9-10,13-14H,11-12H2,1-8H3,(H,18,19)/t13-,14+/m0/s1. The molecule has 1 amide bonds. The minimum Gasteiger partial charge on any atom is -0.444 e. The van der Waals surface area contributed by atoms with Crippen LogP contribution >= 0.6 is 0 Å². The number of amides is 1. The van der Waals surface area contributed by atoms with E-state index in [1.165, 1.54) is 0 Å². The quantitative estimate of drug-likeness (QED) is 0.622. The third kappa shape index (κ3) is 6.65. The lowest BCUT2D eigenvalue weighted by molar-refractivity contribution is 0.00264. The van der Waals surface area contributed by atoms with Crippen LogP contribution in [0.1, 0.15) is 41.5 Å². The van der Waals surface area contributed by atoms with E-state index in [9.17, 15) is 4.79 Å². The van der Waals surface area contributed by atoms with Gasteiger partial charge in [-0.1, -0.05) is 32.9 Å². The first-order valence-electron chi connectivity index (χ1n) is 8.23. The molecule has 0 radical (unpaired) electrons. The normalized spacial score (nSPS) is 22.8. The van der Waals surface area contributed by atoms with Crippen molar-refractivity contribution >= 4 is 14.4 Å². The first kappa shape index (κ1) is 20.2. The average Bonchev–Trinajstić information content (AvgIpc) is 2.34. The second-order valence-electron chi connectivity index (χ2n) is 8.54. The number of ether oxygens (including phenoxy) is 2.